The van der Waals surface area contributed by atoms with Gasteiger partial charge >= 0.3 is 0 Å². The van der Waals surface area contributed by atoms with Crippen LogP contribution in [0.2, 0.25) is 0 Å². The molecule has 7 rings (SSSR count). The first-order valence-corrected chi connectivity index (χ1v) is 11.2. The Balaban J connectivity index is 1.42. The maximum Gasteiger partial charge on any atom is 0.250 e. The molecule has 3 amide bonds. The molecule has 3 aromatic carbocycles. The number of imide groups is 1. The molecule has 4 aliphatic rings. The number of hydrogen-bond acceptors (Lipinski definition) is 4. The summed E-state index contributed by atoms with van der Waals surface area (Å²) < 4.78 is 0. The van der Waals surface area contributed by atoms with Crippen LogP contribution in [0.1, 0.15) is 18.4 Å². The van der Waals surface area contributed by atoms with Crippen molar-refractivity contribution in [1.82, 2.24) is 4.90 Å². The number of nitrogens with one attached hydrogen (secondary N) is 1. The zero-order valence-electron chi connectivity index (χ0n) is 17.3. The average Bonchev–Trinajstić information content (AvgIpc) is 3.51. The molecular weight excluding hydrogens is 402 g/mol. The van der Waals surface area contributed by atoms with E-state index in [2.05, 4.69) is 10.2 Å². The zero-order chi connectivity index (χ0) is 21.6. The van der Waals surface area contributed by atoms with E-state index in [1.54, 1.807) is 0 Å². The van der Waals surface area contributed by atoms with Crippen molar-refractivity contribution < 1.29 is 14.4 Å². The van der Waals surface area contributed by atoms with Crippen molar-refractivity contribution >= 4 is 39.9 Å². The zero-order valence-corrected chi connectivity index (χ0v) is 17.3. The summed E-state index contributed by atoms with van der Waals surface area (Å²) in [5, 5.41) is 5.04. The summed E-state index contributed by atoms with van der Waals surface area (Å²) >= 11 is 0. The summed E-state index contributed by atoms with van der Waals surface area (Å²) in [6.45, 7) is 0.718. The molecule has 0 radical (unpaired) electrons. The summed E-state index contributed by atoms with van der Waals surface area (Å²) in [4.78, 5) is 44.8. The monoisotopic (exact) mass is 423 g/mol. The number of hydrogen-bond donors (Lipinski definition) is 1. The highest BCUT2D eigenvalue weighted by atomic mass is 16.2. The normalized spacial score (nSPS) is 30.8. The van der Waals surface area contributed by atoms with Crippen LogP contribution in [0.4, 0.5) is 11.4 Å². The first-order valence-electron chi connectivity index (χ1n) is 11.2. The lowest BCUT2D eigenvalue weighted by Crippen LogP contribution is -2.54. The van der Waals surface area contributed by atoms with E-state index in [9.17, 15) is 14.4 Å². The highest BCUT2D eigenvalue weighted by Gasteiger charge is 2.74. The minimum atomic E-state index is -1.11. The lowest BCUT2D eigenvalue weighted by molar-refractivity contribution is -0.135. The molecule has 0 aromatic heterocycles. The molecule has 6 heteroatoms. The summed E-state index contributed by atoms with van der Waals surface area (Å²) in [5.74, 6) is -1.85. The van der Waals surface area contributed by atoms with Crippen LogP contribution in [0.5, 0.6) is 0 Å². The molecule has 3 saturated heterocycles. The summed E-state index contributed by atoms with van der Waals surface area (Å²) in [7, 11) is 0. The molecule has 0 aliphatic carbocycles. The van der Waals surface area contributed by atoms with Crippen LogP contribution in [-0.2, 0) is 19.9 Å². The van der Waals surface area contributed by atoms with Crippen LogP contribution in [0.3, 0.4) is 0 Å². The number of nitrogens with zero attached hydrogens (tertiary/aromatic N) is 2. The van der Waals surface area contributed by atoms with Crippen LogP contribution in [0, 0.1) is 11.8 Å². The first-order chi connectivity index (χ1) is 15.6. The molecule has 4 aliphatic heterocycles. The Morgan fingerprint density at radius 2 is 1.66 bits per heavy atom. The smallest absolute Gasteiger partial charge is 0.250 e. The first kappa shape index (κ1) is 18.1. The van der Waals surface area contributed by atoms with Crippen molar-refractivity contribution in [1.29, 1.82) is 0 Å². The Hall–Kier alpha value is -3.51. The van der Waals surface area contributed by atoms with Crippen molar-refractivity contribution in [2.24, 2.45) is 11.8 Å². The van der Waals surface area contributed by atoms with Crippen LogP contribution < -0.4 is 10.2 Å². The van der Waals surface area contributed by atoms with Crippen molar-refractivity contribution in [3.63, 3.8) is 0 Å². The van der Waals surface area contributed by atoms with E-state index in [1.807, 2.05) is 66.7 Å². The van der Waals surface area contributed by atoms with E-state index < -0.39 is 17.4 Å². The largest absolute Gasteiger partial charge is 0.324 e. The predicted octanol–water partition coefficient (Wildman–Crippen LogP) is 3.27. The van der Waals surface area contributed by atoms with Gasteiger partial charge in [-0.15, -0.1) is 0 Å². The lowest BCUT2D eigenvalue weighted by atomic mass is 9.75. The summed E-state index contributed by atoms with van der Waals surface area (Å²) in [6, 6.07) is 21.1. The van der Waals surface area contributed by atoms with Crippen LogP contribution in [0.15, 0.2) is 66.7 Å². The third kappa shape index (κ3) is 1.97. The van der Waals surface area contributed by atoms with Gasteiger partial charge in [-0.05, 0) is 48.4 Å². The van der Waals surface area contributed by atoms with Gasteiger partial charge in [-0.1, -0.05) is 48.5 Å². The van der Waals surface area contributed by atoms with E-state index in [0.29, 0.717) is 5.69 Å². The molecule has 0 saturated carbocycles. The number of benzene rings is 3. The Kier molecular flexibility index (Phi) is 3.42. The second-order valence-electron chi connectivity index (χ2n) is 9.22. The van der Waals surface area contributed by atoms with Gasteiger partial charge in [0, 0.05) is 17.3 Å². The Morgan fingerprint density at radius 3 is 2.53 bits per heavy atom. The molecule has 4 atom stereocenters. The second kappa shape index (κ2) is 6.04. The Labute approximate surface area is 184 Å². The summed E-state index contributed by atoms with van der Waals surface area (Å²) in [5.41, 5.74) is 1.04. The van der Waals surface area contributed by atoms with E-state index in [0.717, 1.165) is 41.4 Å². The molecule has 1 N–H and O–H groups in total. The van der Waals surface area contributed by atoms with Gasteiger partial charge in [-0.2, -0.15) is 0 Å². The van der Waals surface area contributed by atoms with Crippen LogP contribution in [0.25, 0.3) is 10.8 Å². The Bertz CT molecular complexity index is 1350. The number of carbonyl (C=O) groups excluding carboxylic acids is 3. The minimum absolute atomic E-state index is 0.0983. The van der Waals surface area contributed by atoms with Gasteiger partial charge in [0.25, 0.3) is 0 Å². The number of fused-ring (bicyclic) bond motifs is 8. The highest BCUT2D eigenvalue weighted by Crippen LogP contribution is 2.60. The minimum Gasteiger partial charge on any atom is -0.324 e. The van der Waals surface area contributed by atoms with Crippen molar-refractivity contribution in [2.75, 3.05) is 16.8 Å². The molecule has 32 heavy (non-hydrogen) atoms. The third-order valence-electron chi connectivity index (χ3n) is 7.89. The van der Waals surface area contributed by atoms with E-state index >= 15 is 0 Å². The molecule has 3 aromatic rings. The van der Waals surface area contributed by atoms with Crippen molar-refractivity contribution in [3.05, 3.63) is 72.3 Å². The van der Waals surface area contributed by atoms with Gasteiger partial charge in [0.15, 0.2) is 0 Å². The molecule has 6 nitrogen and oxygen atoms in total. The fourth-order valence-corrected chi connectivity index (χ4v) is 6.73. The van der Waals surface area contributed by atoms with Gasteiger partial charge in [-0.3, -0.25) is 19.3 Å². The molecule has 4 heterocycles. The van der Waals surface area contributed by atoms with Crippen molar-refractivity contribution in [3.8, 4) is 0 Å². The molecule has 158 valence electrons. The standard InChI is InChI=1S/C26H21N3O3/c30-23-21-20-10-5-13-28(20)26(18-8-3-4-9-19(18)27-25(26)32)22(21)24(31)29(23)17-12-11-15-6-1-2-7-16(15)14-17/h1-4,6-9,11-12,14,20-22H,5,10,13H2,(H,27,32)/t20-,21+,22-,26-/m0/s1. The summed E-state index contributed by atoms with van der Waals surface area (Å²) in [6.07, 6.45) is 1.74. The molecule has 3 fully saturated rings. The van der Waals surface area contributed by atoms with E-state index in [-0.39, 0.29) is 23.8 Å². The highest BCUT2D eigenvalue weighted by molar-refractivity contribution is 6.26. The molecule has 1 spiro atoms. The van der Waals surface area contributed by atoms with Gasteiger partial charge in [-0.25, -0.2) is 4.90 Å². The Morgan fingerprint density at radius 1 is 0.875 bits per heavy atom. The van der Waals surface area contributed by atoms with Gasteiger partial charge in [0.2, 0.25) is 17.7 Å². The van der Waals surface area contributed by atoms with Crippen LogP contribution in [-0.4, -0.2) is 35.2 Å². The van der Waals surface area contributed by atoms with Gasteiger partial charge in [0.05, 0.1) is 17.5 Å². The fraction of sp³-hybridized carbons (Fsp3) is 0.269. The third-order valence-corrected chi connectivity index (χ3v) is 7.89. The maximum atomic E-state index is 14.0. The molecule has 0 bridgehead atoms. The number of rotatable bonds is 1. The topological polar surface area (TPSA) is 69.7 Å². The SMILES string of the molecule is O=C1[C@H]2[C@@H](C(=O)N1c1ccc3ccccc3c1)[C@@]1(C(=O)Nc3ccccc31)N1CCC[C@@H]21. The number of carbonyl (C=O) groups is 3. The second-order valence-corrected chi connectivity index (χ2v) is 9.22. The molecular formula is C26H21N3O3. The van der Waals surface area contributed by atoms with Gasteiger partial charge < -0.3 is 5.32 Å². The van der Waals surface area contributed by atoms with E-state index in [1.165, 1.54) is 4.90 Å². The maximum absolute atomic E-state index is 14.0. The molecule has 0 unspecified atom stereocenters. The number of para-hydroxylation sites is 1. The van der Waals surface area contributed by atoms with E-state index in [4.69, 9.17) is 0 Å². The average molecular weight is 423 g/mol. The quantitative estimate of drug-likeness (QED) is 0.610. The van der Waals surface area contributed by atoms with Gasteiger partial charge in [0.1, 0.15) is 5.54 Å². The van der Waals surface area contributed by atoms with Crippen molar-refractivity contribution in [2.45, 2.75) is 24.4 Å². The fourth-order valence-electron chi connectivity index (χ4n) is 6.73. The van der Waals surface area contributed by atoms with Crippen LogP contribution >= 0.6 is 0 Å². The lowest BCUT2D eigenvalue weighted by Gasteiger charge is -2.36. The number of amides is 3. The predicted molar refractivity (Wildman–Crippen MR) is 120 cm³/mol. The number of anilines is 2.